The minimum Gasteiger partial charge on any atom is -0.0619 e. The summed E-state index contributed by atoms with van der Waals surface area (Å²) in [5.41, 5.74) is 2.98. The first kappa shape index (κ1) is 8.14. The van der Waals surface area contributed by atoms with Crippen molar-refractivity contribution in [2.75, 3.05) is 0 Å². The normalized spacial score (nSPS) is 69.4. The largest absolute Gasteiger partial charge is 0.0619 e. The van der Waals surface area contributed by atoms with Crippen molar-refractivity contribution in [2.24, 2.45) is 34.0 Å². The fourth-order valence-electron chi connectivity index (χ4n) is 6.73. The van der Waals surface area contributed by atoms with Crippen molar-refractivity contribution < 1.29 is 0 Å². The highest BCUT2D eigenvalue weighted by atomic mass is 15.2. The average molecular weight is 202 g/mol. The second kappa shape index (κ2) is 1.93. The van der Waals surface area contributed by atoms with Gasteiger partial charge in [0.2, 0.25) is 0 Å². The van der Waals surface area contributed by atoms with Crippen LogP contribution in [0.2, 0.25) is 0 Å². The molecule has 0 N–H and O–H groups in total. The van der Waals surface area contributed by atoms with E-state index in [2.05, 4.69) is 6.92 Å². The molecular formula is C15H22. The van der Waals surface area contributed by atoms with Gasteiger partial charge in [-0.3, -0.25) is 0 Å². The maximum Gasteiger partial charge on any atom is -0.0128 e. The van der Waals surface area contributed by atoms with Crippen LogP contribution in [0, 0.1) is 34.0 Å². The zero-order valence-corrected chi connectivity index (χ0v) is 9.89. The predicted octanol–water partition coefficient (Wildman–Crippen LogP) is 4.00. The molecule has 5 aliphatic rings. The summed E-state index contributed by atoms with van der Waals surface area (Å²) >= 11 is 0. The Morgan fingerprint density at radius 2 is 1.53 bits per heavy atom. The van der Waals surface area contributed by atoms with E-state index in [-0.39, 0.29) is 0 Å². The summed E-state index contributed by atoms with van der Waals surface area (Å²) in [5.74, 6) is 3.59. The lowest BCUT2D eigenvalue weighted by Crippen LogP contribution is -2.16. The van der Waals surface area contributed by atoms with Crippen LogP contribution in [0.3, 0.4) is 0 Å². The molecule has 2 spiro atoms. The second-order valence-corrected chi connectivity index (χ2v) is 7.46. The minimum absolute atomic E-state index is 0.985. The van der Waals surface area contributed by atoms with E-state index in [1.807, 2.05) is 0 Å². The molecule has 0 heterocycles. The number of rotatable bonds is 1. The Labute approximate surface area is 92.8 Å². The van der Waals surface area contributed by atoms with Crippen molar-refractivity contribution in [1.82, 2.24) is 0 Å². The molecule has 5 aliphatic carbocycles. The van der Waals surface area contributed by atoms with Crippen molar-refractivity contribution in [3.63, 3.8) is 0 Å². The number of hydrogen-bond donors (Lipinski definition) is 0. The lowest BCUT2D eigenvalue weighted by atomic mass is 9.81. The van der Waals surface area contributed by atoms with Crippen LogP contribution in [0.1, 0.15) is 58.3 Å². The van der Waals surface area contributed by atoms with Gasteiger partial charge >= 0.3 is 0 Å². The molecular weight excluding hydrogens is 180 g/mol. The van der Waals surface area contributed by atoms with E-state index in [1.165, 1.54) is 24.7 Å². The first-order chi connectivity index (χ1) is 7.31. The molecule has 0 amide bonds. The molecule has 0 aromatic heterocycles. The van der Waals surface area contributed by atoms with Gasteiger partial charge in [0.15, 0.2) is 0 Å². The Bertz CT molecular complexity index is 351. The SMILES string of the molecule is CC1CC12C1C3(C4CCCCCC4)CC123. The third-order valence-corrected chi connectivity index (χ3v) is 7.41. The molecule has 5 saturated carbocycles. The molecule has 0 nitrogen and oxygen atoms in total. The molecule has 82 valence electrons. The standard InChI is InChI=1S/C15H22/c1-10-8-13(10)12-14(9-15(12,13)14)11-6-4-2-3-5-7-11/h10-12H,2-9H2,1H3. The summed E-state index contributed by atoms with van der Waals surface area (Å²) in [4.78, 5) is 0. The lowest BCUT2D eigenvalue weighted by molar-refractivity contribution is 0.251. The van der Waals surface area contributed by atoms with Crippen LogP contribution in [0.5, 0.6) is 0 Å². The zero-order chi connectivity index (χ0) is 9.89. The zero-order valence-electron chi connectivity index (χ0n) is 9.89. The van der Waals surface area contributed by atoms with Crippen molar-refractivity contribution in [1.29, 1.82) is 0 Å². The van der Waals surface area contributed by atoms with Crippen LogP contribution < -0.4 is 0 Å². The summed E-state index contributed by atoms with van der Waals surface area (Å²) in [5, 5.41) is 0. The van der Waals surface area contributed by atoms with Gasteiger partial charge in [-0.05, 0) is 59.7 Å². The highest BCUT2D eigenvalue weighted by Gasteiger charge is 3.16. The van der Waals surface area contributed by atoms with Crippen LogP contribution in [-0.4, -0.2) is 0 Å². The summed E-state index contributed by atoms with van der Waals surface area (Å²) in [6, 6.07) is 0. The van der Waals surface area contributed by atoms with Crippen molar-refractivity contribution >= 4 is 0 Å². The van der Waals surface area contributed by atoms with Gasteiger partial charge in [0.25, 0.3) is 0 Å². The fraction of sp³-hybridized carbons (Fsp3) is 1.00. The highest BCUT2D eigenvalue weighted by Crippen LogP contribution is 3.21. The Morgan fingerprint density at radius 3 is 2.07 bits per heavy atom. The monoisotopic (exact) mass is 202 g/mol. The minimum atomic E-state index is 0.985. The van der Waals surface area contributed by atoms with Gasteiger partial charge in [0.1, 0.15) is 0 Å². The second-order valence-electron chi connectivity index (χ2n) is 7.46. The fourth-order valence-corrected chi connectivity index (χ4v) is 6.73. The first-order valence-corrected chi connectivity index (χ1v) is 7.31. The van der Waals surface area contributed by atoms with E-state index in [9.17, 15) is 0 Å². The van der Waals surface area contributed by atoms with Crippen molar-refractivity contribution in [3.8, 4) is 0 Å². The molecule has 5 rings (SSSR count). The molecule has 0 bridgehead atoms. The summed E-state index contributed by atoms with van der Waals surface area (Å²) in [6.07, 6.45) is 12.7. The predicted molar refractivity (Wildman–Crippen MR) is 60.4 cm³/mol. The van der Waals surface area contributed by atoms with Gasteiger partial charge in [-0.1, -0.05) is 32.6 Å². The van der Waals surface area contributed by atoms with Crippen LogP contribution in [-0.2, 0) is 0 Å². The topological polar surface area (TPSA) is 0 Å². The number of fused-ring (bicyclic) bond motifs is 2. The van der Waals surface area contributed by atoms with E-state index >= 15 is 0 Å². The molecule has 0 radical (unpaired) electrons. The van der Waals surface area contributed by atoms with Gasteiger partial charge in [0, 0.05) is 0 Å². The molecule has 5 unspecified atom stereocenters. The smallest absolute Gasteiger partial charge is 0.0128 e. The number of hydrogen-bond acceptors (Lipinski definition) is 0. The van der Waals surface area contributed by atoms with Crippen molar-refractivity contribution in [2.45, 2.75) is 58.3 Å². The van der Waals surface area contributed by atoms with Crippen LogP contribution in [0.15, 0.2) is 0 Å². The van der Waals surface area contributed by atoms with Gasteiger partial charge in [-0.2, -0.15) is 0 Å². The molecule has 0 heteroatoms. The van der Waals surface area contributed by atoms with E-state index in [4.69, 9.17) is 0 Å². The van der Waals surface area contributed by atoms with Crippen LogP contribution in [0.25, 0.3) is 0 Å². The van der Waals surface area contributed by atoms with Crippen LogP contribution in [0.4, 0.5) is 0 Å². The Balaban J connectivity index is 1.39. The van der Waals surface area contributed by atoms with Gasteiger partial charge in [-0.25, -0.2) is 0 Å². The third-order valence-electron chi connectivity index (χ3n) is 7.41. The quantitative estimate of drug-likeness (QED) is 0.564. The maximum atomic E-state index is 2.51. The molecule has 5 fully saturated rings. The first-order valence-electron chi connectivity index (χ1n) is 7.31. The molecule has 5 atom stereocenters. The van der Waals surface area contributed by atoms with Gasteiger partial charge in [-0.15, -0.1) is 0 Å². The summed E-state index contributed by atoms with van der Waals surface area (Å²) < 4.78 is 0. The lowest BCUT2D eigenvalue weighted by Gasteiger charge is -2.23. The van der Waals surface area contributed by atoms with Crippen molar-refractivity contribution in [3.05, 3.63) is 0 Å². The van der Waals surface area contributed by atoms with E-state index in [1.54, 1.807) is 38.5 Å². The third kappa shape index (κ3) is 0.560. The molecule has 0 aromatic rings. The Hall–Kier alpha value is 0. The van der Waals surface area contributed by atoms with E-state index in [0.29, 0.717) is 0 Å². The Kier molecular flexibility index (Phi) is 1.05. The summed E-state index contributed by atoms with van der Waals surface area (Å²) in [7, 11) is 0. The van der Waals surface area contributed by atoms with E-state index in [0.717, 1.165) is 22.2 Å². The molecule has 0 aromatic carbocycles. The van der Waals surface area contributed by atoms with Crippen LogP contribution >= 0.6 is 0 Å². The molecule has 0 saturated heterocycles. The van der Waals surface area contributed by atoms with Gasteiger partial charge < -0.3 is 0 Å². The highest BCUT2D eigenvalue weighted by molar-refractivity contribution is 5.63. The Morgan fingerprint density at radius 1 is 0.933 bits per heavy atom. The molecule has 15 heavy (non-hydrogen) atoms. The van der Waals surface area contributed by atoms with Gasteiger partial charge in [0.05, 0.1) is 0 Å². The van der Waals surface area contributed by atoms with E-state index < -0.39 is 0 Å². The summed E-state index contributed by atoms with van der Waals surface area (Å²) in [6.45, 7) is 2.51. The molecule has 0 aliphatic heterocycles. The maximum absolute atomic E-state index is 2.51. The average Bonchev–Trinajstić information content (AvgIpc) is 2.99.